The second-order valence-corrected chi connectivity index (χ2v) is 5.02. The molecular weight excluding hydrogens is 256 g/mol. The van der Waals surface area contributed by atoms with E-state index in [9.17, 15) is 9.59 Å². The van der Waals surface area contributed by atoms with Gasteiger partial charge in [0.1, 0.15) is 6.04 Å². The van der Waals surface area contributed by atoms with Gasteiger partial charge in [0, 0.05) is 24.8 Å². The summed E-state index contributed by atoms with van der Waals surface area (Å²) in [5.74, 6) is -0.0961. The Labute approximate surface area is 118 Å². The number of carbonyl (C=O) groups excluding carboxylic acids is 2. The van der Waals surface area contributed by atoms with E-state index in [4.69, 9.17) is 5.73 Å². The monoisotopic (exact) mass is 276 g/mol. The normalized spacial score (nSPS) is 19.5. The van der Waals surface area contributed by atoms with Crippen LogP contribution < -0.4 is 16.4 Å². The Balaban J connectivity index is 1.83. The van der Waals surface area contributed by atoms with Crippen molar-refractivity contribution in [3.8, 4) is 0 Å². The van der Waals surface area contributed by atoms with Crippen LogP contribution in [0.1, 0.15) is 13.3 Å². The molecule has 1 aliphatic rings. The molecule has 1 aromatic rings. The summed E-state index contributed by atoms with van der Waals surface area (Å²) in [6, 6.07) is 8.18. The van der Waals surface area contributed by atoms with Gasteiger partial charge in [-0.1, -0.05) is 18.2 Å². The molecule has 0 radical (unpaired) electrons. The summed E-state index contributed by atoms with van der Waals surface area (Å²) in [6.45, 7) is 2.90. The Kier molecular flexibility index (Phi) is 4.57. The lowest BCUT2D eigenvalue weighted by atomic mass is 10.3. The molecule has 3 amide bonds. The number of hydrogen-bond donors (Lipinski definition) is 3. The zero-order chi connectivity index (χ0) is 14.5. The highest BCUT2D eigenvalue weighted by atomic mass is 16.2. The SMILES string of the molecule is CC(NC(=O)Nc1ccccc1)C(=O)N1CC[C@@H](N)C1. The van der Waals surface area contributed by atoms with Gasteiger partial charge >= 0.3 is 6.03 Å². The predicted octanol–water partition coefficient (Wildman–Crippen LogP) is 0.756. The Morgan fingerprint density at radius 1 is 1.35 bits per heavy atom. The number of rotatable bonds is 3. The van der Waals surface area contributed by atoms with Gasteiger partial charge in [0.2, 0.25) is 5.91 Å². The van der Waals surface area contributed by atoms with Crippen LogP contribution in [0.5, 0.6) is 0 Å². The number of nitrogens with two attached hydrogens (primary N) is 1. The number of nitrogens with one attached hydrogen (secondary N) is 2. The first-order chi connectivity index (χ1) is 9.56. The number of hydrogen-bond acceptors (Lipinski definition) is 3. The average Bonchev–Trinajstić information content (AvgIpc) is 2.85. The quantitative estimate of drug-likeness (QED) is 0.761. The lowest BCUT2D eigenvalue weighted by Crippen LogP contribution is -2.47. The second-order valence-electron chi connectivity index (χ2n) is 5.02. The van der Waals surface area contributed by atoms with Gasteiger partial charge in [0.25, 0.3) is 0 Å². The van der Waals surface area contributed by atoms with Crippen molar-refractivity contribution in [2.75, 3.05) is 18.4 Å². The van der Waals surface area contributed by atoms with Crippen LogP contribution in [-0.4, -0.2) is 42.0 Å². The van der Waals surface area contributed by atoms with Gasteiger partial charge in [-0.3, -0.25) is 4.79 Å². The van der Waals surface area contributed by atoms with Crippen molar-refractivity contribution in [1.29, 1.82) is 0 Å². The zero-order valence-electron chi connectivity index (χ0n) is 11.5. The minimum absolute atomic E-state index is 0.0456. The van der Waals surface area contributed by atoms with Crippen LogP contribution in [0.15, 0.2) is 30.3 Å². The fourth-order valence-corrected chi connectivity index (χ4v) is 2.21. The third-order valence-corrected chi connectivity index (χ3v) is 3.29. The van der Waals surface area contributed by atoms with E-state index in [1.54, 1.807) is 24.0 Å². The maximum absolute atomic E-state index is 12.1. The Morgan fingerprint density at radius 3 is 2.65 bits per heavy atom. The summed E-state index contributed by atoms with van der Waals surface area (Å²) in [4.78, 5) is 25.6. The number of amides is 3. The van der Waals surface area contributed by atoms with Crippen molar-refractivity contribution < 1.29 is 9.59 Å². The molecule has 4 N–H and O–H groups in total. The van der Waals surface area contributed by atoms with Crippen LogP contribution in [0, 0.1) is 0 Å². The molecule has 6 heteroatoms. The number of carbonyl (C=O) groups is 2. The van der Waals surface area contributed by atoms with Gasteiger partial charge in [-0.25, -0.2) is 4.79 Å². The van der Waals surface area contributed by atoms with Crippen LogP contribution >= 0.6 is 0 Å². The summed E-state index contributed by atoms with van der Waals surface area (Å²) in [7, 11) is 0. The molecule has 0 bridgehead atoms. The van der Waals surface area contributed by atoms with E-state index in [1.807, 2.05) is 18.2 Å². The van der Waals surface area contributed by atoms with Crippen LogP contribution in [0.3, 0.4) is 0 Å². The molecule has 0 saturated carbocycles. The summed E-state index contributed by atoms with van der Waals surface area (Å²) < 4.78 is 0. The Bertz CT molecular complexity index is 477. The van der Waals surface area contributed by atoms with Crippen LogP contribution in [0.2, 0.25) is 0 Å². The molecule has 0 aromatic heterocycles. The Hall–Kier alpha value is -2.08. The van der Waals surface area contributed by atoms with Crippen LogP contribution in [-0.2, 0) is 4.79 Å². The van der Waals surface area contributed by atoms with E-state index in [2.05, 4.69) is 10.6 Å². The molecule has 1 aromatic carbocycles. The lowest BCUT2D eigenvalue weighted by molar-refractivity contribution is -0.131. The summed E-state index contributed by atoms with van der Waals surface area (Å²) in [6.07, 6.45) is 0.814. The van der Waals surface area contributed by atoms with E-state index in [-0.39, 0.29) is 18.0 Å². The summed E-state index contributed by atoms with van der Waals surface area (Å²) in [5, 5.41) is 5.32. The molecule has 108 valence electrons. The van der Waals surface area contributed by atoms with Crippen molar-refractivity contribution in [3.05, 3.63) is 30.3 Å². The standard InChI is InChI=1S/C14H20N4O2/c1-10(13(19)18-8-7-11(15)9-18)16-14(20)17-12-5-3-2-4-6-12/h2-6,10-11H,7-9,15H2,1H3,(H2,16,17,20)/t10?,11-/m1/s1. The van der Waals surface area contributed by atoms with Gasteiger partial charge in [-0.05, 0) is 25.5 Å². The van der Waals surface area contributed by atoms with Gasteiger partial charge < -0.3 is 21.3 Å². The number of urea groups is 1. The molecule has 6 nitrogen and oxygen atoms in total. The largest absolute Gasteiger partial charge is 0.339 e. The fourth-order valence-electron chi connectivity index (χ4n) is 2.21. The predicted molar refractivity (Wildman–Crippen MR) is 77.2 cm³/mol. The van der Waals surface area contributed by atoms with Crippen molar-refractivity contribution in [3.63, 3.8) is 0 Å². The molecule has 2 rings (SSSR count). The minimum atomic E-state index is -0.566. The first-order valence-corrected chi connectivity index (χ1v) is 6.73. The maximum atomic E-state index is 12.1. The highest BCUT2D eigenvalue weighted by Gasteiger charge is 2.27. The zero-order valence-corrected chi connectivity index (χ0v) is 11.5. The number of para-hydroxylation sites is 1. The maximum Gasteiger partial charge on any atom is 0.319 e. The molecule has 1 aliphatic heterocycles. The fraction of sp³-hybridized carbons (Fsp3) is 0.429. The number of nitrogens with zero attached hydrogens (tertiary/aromatic N) is 1. The van der Waals surface area contributed by atoms with Crippen LogP contribution in [0.4, 0.5) is 10.5 Å². The molecule has 1 unspecified atom stereocenters. The molecule has 1 heterocycles. The summed E-state index contributed by atoms with van der Waals surface area (Å²) in [5.41, 5.74) is 6.46. The molecule has 1 fully saturated rings. The van der Waals surface area contributed by atoms with Gasteiger partial charge in [0.05, 0.1) is 0 Å². The molecule has 20 heavy (non-hydrogen) atoms. The highest BCUT2D eigenvalue weighted by molar-refractivity contribution is 5.93. The van der Waals surface area contributed by atoms with E-state index in [1.165, 1.54) is 0 Å². The Morgan fingerprint density at radius 2 is 2.05 bits per heavy atom. The molecule has 2 atom stereocenters. The summed E-state index contributed by atoms with van der Waals surface area (Å²) >= 11 is 0. The number of anilines is 1. The third kappa shape index (κ3) is 3.71. The topological polar surface area (TPSA) is 87.5 Å². The molecule has 1 saturated heterocycles. The highest BCUT2D eigenvalue weighted by Crippen LogP contribution is 2.09. The van der Waals surface area contributed by atoms with Crippen LogP contribution in [0.25, 0.3) is 0 Å². The first kappa shape index (κ1) is 14.3. The van der Waals surface area contributed by atoms with Crippen molar-refractivity contribution in [2.45, 2.75) is 25.4 Å². The van der Waals surface area contributed by atoms with E-state index >= 15 is 0 Å². The van der Waals surface area contributed by atoms with E-state index in [0.29, 0.717) is 18.8 Å². The van der Waals surface area contributed by atoms with Crippen molar-refractivity contribution in [2.24, 2.45) is 5.73 Å². The molecule has 0 spiro atoms. The molecular formula is C14H20N4O2. The second kappa shape index (κ2) is 6.38. The van der Waals surface area contributed by atoms with Crippen molar-refractivity contribution >= 4 is 17.6 Å². The van der Waals surface area contributed by atoms with Crippen molar-refractivity contribution in [1.82, 2.24) is 10.2 Å². The average molecular weight is 276 g/mol. The smallest absolute Gasteiger partial charge is 0.319 e. The number of likely N-dealkylation sites (tertiary alicyclic amines) is 1. The van der Waals surface area contributed by atoms with Gasteiger partial charge in [-0.2, -0.15) is 0 Å². The minimum Gasteiger partial charge on any atom is -0.339 e. The lowest BCUT2D eigenvalue weighted by Gasteiger charge is -2.21. The molecule has 0 aliphatic carbocycles. The third-order valence-electron chi connectivity index (χ3n) is 3.29. The van der Waals surface area contributed by atoms with Gasteiger partial charge in [0.15, 0.2) is 0 Å². The van der Waals surface area contributed by atoms with E-state index in [0.717, 1.165) is 6.42 Å². The van der Waals surface area contributed by atoms with Gasteiger partial charge in [-0.15, -0.1) is 0 Å². The number of benzene rings is 1. The first-order valence-electron chi connectivity index (χ1n) is 6.73. The van der Waals surface area contributed by atoms with E-state index < -0.39 is 6.04 Å².